The number of aryl methyl sites for hydroxylation is 1. The normalized spacial score (nSPS) is 11.1. The molecule has 0 unspecified atom stereocenters. The lowest BCUT2D eigenvalue weighted by Gasteiger charge is -2.12. The van der Waals surface area contributed by atoms with Crippen molar-refractivity contribution in [3.05, 3.63) is 57.8 Å². The first-order valence-electron chi connectivity index (χ1n) is 7.49. The number of amides is 1. The molecule has 0 saturated carbocycles. The number of carbonyl (C=O) groups excluding carboxylic acids is 1. The van der Waals surface area contributed by atoms with E-state index in [0.717, 1.165) is 18.1 Å². The highest BCUT2D eigenvalue weighted by Gasteiger charge is 2.04. The highest BCUT2D eigenvalue weighted by molar-refractivity contribution is 7.07. The second-order valence-electron chi connectivity index (χ2n) is 5.11. The second kappa shape index (κ2) is 8.95. The van der Waals surface area contributed by atoms with Crippen molar-refractivity contribution >= 4 is 23.2 Å². The summed E-state index contributed by atoms with van der Waals surface area (Å²) >= 11 is 1.67. The van der Waals surface area contributed by atoms with Gasteiger partial charge in [0.25, 0.3) is 5.91 Å². The van der Waals surface area contributed by atoms with Gasteiger partial charge >= 0.3 is 0 Å². The Hall–Kier alpha value is -2.34. The monoisotopic (exact) mass is 330 g/mol. The number of thiophene rings is 1. The van der Waals surface area contributed by atoms with Crippen LogP contribution in [0.1, 0.15) is 21.5 Å². The van der Waals surface area contributed by atoms with Crippen molar-refractivity contribution in [1.29, 1.82) is 0 Å². The van der Waals surface area contributed by atoms with E-state index in [4.69, 9.17) is 0 Å². The van der Waals surface area contributed by atoms with E-state index in [-0.39, 0.29) is 5.91 Å². The molecule has 1 aromatic heterocycles. The van der Waals surface area contributed by atoms with Crippen LogP contribution in [-0.4, -0.2) is 32.0 Å². The molecule has 3 N–H and O–H groups in total. The van der Waals surface area contributed by atoms with Crippen molar-refractivity contribution in [3.63, 3.8) is 0 Å². The summed E-state index contributed by atoms with van der Waals surface area (Å²) in [4.78, 5) is 16.2. The molecule has 0 aliphatic heterocycles. The minimum absolute atomic E-state index is 0.0586. The summed E-state index contributed by atoms with van der Waals surface area (Å²) in [7, 11) is 1.73. The number of guanidine groups is 1. The average molecular weight is 330 g/mol. The molecule has 0 aliphatic rings. The molecule has 0 bridgehead atoms. The molecule has 0 spiro atoms. The fourth-order valence-electron chi connectivity index (χ4n) is 2.04. The Bertz CT molecular complexity index is 652. The van der Waals surface area contributed by atoms with Crippen molar-refractivity contribution in [2.75, 3.05) is 20.1 Å². The zero-order valence-corrected chi connectivity index (χ0v) is 14.2. The molecule has 1 amide bonds. The number of nitrogens with zero attached hydrogens (tertiary/aromatic N) is 1. The molecule has 0 radical (unpaired) electrons. The Balaban J connectivity index is 1.68. The smallest absolute Gasteiger partial charge is 0.251 e. The van der Waals surface area contributed by atoms with Gasteiger partial charge in [0.1, 0.15) is 0 Å². The Kier molecular flexibility index (Phi) is 6.62. The van der Waals surface area contributed by atoms with Crippen LogP contribution < -0.4 is 16.0 Å². The van der Waals surface area contributed by atoms with Gasteiger partial charge in [-0.05, 0) is 41.4 Å². The van der Waals surface area contributed by atoms with Crippen LogP contribution in [-0.2, 0) is 6.54 Å². The van der Waals surface area contributed by atoms with Crippen LogP contribution in [0.15, 0.2) is 46.1 Å². The standard InChI is InChI=1S/C17H22N4OS/c1-13-4-3-5-15(10-13)16(22)19-7-8-20-17(18-2)21-11-14-6-9-23-12-14/h3-6,9-10,12H,7-8,11H2,1-2H3,(H,19,22)(H2,18,20,21). The van der Waals surface area contributed by atoms with Crippen LogP contribution in [0.5, 0.6) is 0 Å². The van der Waals surface area contributed by atoms with Crippen molar-refractivity contribution in [2.45, 2.75) is 13.5 Å². The highest BCUT2D eigenvalue weighted by Crippen LogP contribution is 2.04. The van der Waals surface area contributed by atoms with Gasteiger partial charge in [-0.2, -0.15) is 11.3 Å². The summed E-state index contributed by atoms with van der Waals surface area (Å²) in [6.07, 6.45) is 0. The van der Waals surface area contributed by atoms with Gasteiger partial charge in [0.05, 0.1) is 0 Å². The van der Waals surface area contributed by atoms with Gasteiger partial charge in [-0.25, -0.2) is 0 Å². The Morgan fingerprint density at radius 1 is 1.17 bits per heavy atom. The van der Waals surface area contributed by atoms with E-state index in [1.807, 2.05) is 36.6 Å². The van der Waals surface area contributed by atoms with Crippen LogP contribution in [0, 0.1) is 6.92 Å². The third-order valence-corrected chi connectivity index (χ3v) is 3.98. The Labute approximate surface area is 140 Å². The molecule has 2 aromatic rings. The fourth-order valence-corrected chi connectivity index (χ4v) is 2.71. The van der Waals surface area contributed by atoms with E-state index in [1.54, 1.807) is 18.4 Å². The van der Waals surface area contributed by atoms with Gasteiger partial charge in [0, 0.05) is 32.2 Å². The summed E-state index contributed by atoms with van der Waals surface area (Å²) in [5.74, 6) is 0.665. The maximum atomic E-state index is 12.0. The highest BCUT2D eigenvalue weighted by atomic mass is 32.1. The van der Waals surface area contributed by atoms with Gasteiger partial charge in [-0.15, -0.1) is 0 Å². The fraction of sp³-hybridized carbons (Fsp3) is 0.294. The van der Waals surface area contributed by atoms with Crippen LogP contribution in [0.2, 0.25) is 0 Å². The predicted octanol–water partition coefficient (Wildman–Crippen LogP) is 2.15. The van der Waals surface area contributed by atoms with E-state index < -0.39 is 0 Å². The Morgan fingerprint density at radius 2 is 2.00 bits per heavy atom. The molecule has 23 heavy (non-hydrogen) atoms. The first kappa shape index (κ1) is 17.0. The Morgan fingerprint density at radius 3 is 2.70 bits per heavy atom. The quantitative estimate of drug-likeness (QED) is 0.432. The largest absolute Gasteiger partial charge is 0.355 e. The van der Waals surface area contributed by atoms with E-state index in [1.165, 1.54) is 5.56 Å². The van der Waals surface area contributed by atoms with E-state index in [2.05, 4.69) is 32.4 Å². The molecule has 6 heteroatoms. The molecule has 122 valence electrons. The average Bonchev–Trinajstić information content (AvgIpc) is 3.07. The SMILES string of the molecule is CN=C(NCCNC(=O)c1cccc(C)c1)NCc1ccsc1. The number of rotatable bonds is 6. The van der Waals surface area contributed by atoms with E-state index in [0.29, 0.717) is 18.7 Å². The number of hydrogen-bond donors (Lipinski definition) is 3. The van der Waals surface area contributed by atoms with Crippen LogP contribution in [0.3, 0.4) is 0 Å². The minimum atomic E-state index is -0.0586. The molecular formula is C17H22N4OS. The zero-order valence-electron chi connectivity index (χ0n) is 13.4. The molecule has 5 nitrogen and oxygen atoms in total. The predicted molar refractivity (Wildman–Crippen MR) is 96.0 cm³/mol. The van der Waals surface area contributed by atoms with Crippen LogP contribution >= 0.6 is 11.3 Å². The molecule has 0 saturated heterocycles. The summed E-state index contributed by atoms with van der Waals surface area (Å²) in [6.45, 7) is 3.85. The third-order valence-electron chi connectivity index (χ3n) is 3.25. The summed E-state index contributed by atoms with van der Waals surface area (Å²) < 4.78 is 0. The van der Waals surface area contributed by atoms with Gasteiger partial charge in [-0.1, -0.05) is 17.7 Å². The lowest BCUT2D eigenvalue weighted by atomic mass is 10.1. The van der Waals surface area contributed by atoms with Gasteiger partial charge < -0.3 is 16.0 Å². The summed E-state index contributed by atoms with van der Waals surface area (Å²) in [5, 5.41) is 13.5. The molecule has 0 fully saturated rings. The maximum Gasteiger partial charge on any atom is 0.251 e. The van der Waals surface area contributed by atoms with Gasteiger partial charge in [-0.3, -0.25) is 9.79 Å². The van der Waals surface area contributed by atoms with Crippen LogP contribution in [0.4, 0.5) is 0 Å². The molecule has 2 rings (SSSR count). The van der Waals surface area contributed by atoms with Gasteiger partial charge in [0.15, 0.2) is 5.96 Å². The first-order valence-corrected chi connectivity index (χ1v) is 8.44. The number of carbonyl (C=O) groups is 1. The number of nitrogens with one attached hydrogen (secondary N) is 3. The second-order valence-corrected chi connectivity index (χ2v) is 5.89. The van der Waals surface area contributed by atoms with E-state index in [9.17, 15) is 4.79 Å². The molecular weight excluding hydrogens is 308 g/mol. The summed E-state index contributed by atoms with van der Waals surface area (Å²) in [5.41, 5.74) is 2.99. The van der Waals surface area contributed by atoms with Crippen molar-refractivity contribution < 1.29 is 4.79 Å². The van der Waals surface area contributed by atoms with Crippen molar-refractivity contribution in [1.82, 2.24) is 16.0 Å². The van der Waals surface area contributed by atoms with Crippen molar-refractivity contribution in [3.8, 4) is 0 Å². The van der Waals surface area contributed by atoms with Crippen molar-refractivity contribution in [2.24, 2.45) is 4.99 Å². The summed E-state index contributed by atoms with van der Waals surface area (Å²) in [6, 6.07) is 9.63. The minimum Gasteiger partial charge on any atom is -0.355 e. The van der Waals surface area contributed by atoms with Crippen LogP contribution in [0.25, 0.3) is 0 Å². The lowest BCUT2D eigenvalue weighted by molar-refractivity contribution is 0.0954. The number of hydrogen-bond acceptors (Lipinski definition) is 3. The van der Waals surface area contributed by atoms with Gasteiger partial charge in [0.2, 0.25) is 0 Å². The topological polar surface area (TPSA) is 65.5 Å². The number of aliphatic imine (C=N–C) groups is 1. The molecule has 1 aromatic carbocycles. The molecule has 1 heterocycles. The zero-order chi connectivity index (χ0) is 16.5. The third kappa shape index (κ3) is 5.75. The first-order chi connectivity index (χ1) is 11.2. The van der Waals surface area contributed by atoms with E-state index >= 15 is 0 Å². The number of benzene rings is 1. The lowest BCUT2D eigenvalue weighted by Crippen LogP contribution is -2.41. The maximum absolute atomic E-state index is 12.0. The molecule has 0 aliphatic carbocycles. The molecule has 0 atom stereocenters.